The summed E-state index contributed by atoms with van der Waals surface area (Å²) in [6.07, 6.45) is 11.0. The Hall–Kier alpha value is 1.08. The molecule has 0 aliphatic rings. The van der Waals surface area contributed by atoms with Crippen molar-refractivity contribution in [3.05, 3.63) is 0 Å². The number of hydrogen-bond acceptors (Lipinski definition) is 0. The Balaban J connectivity index is 3.42. The van der Waals surface area contributed by atoms with E-state index in [2.05, 4.69) is 41.3 Å². The molecule has 0 aliphatic heterocycles. The van der Waals surface area contributed by atoms with Crippen LogP contribution in [-0.2, 0) is 0 Å². The van der Waals surface area contributed by atoms with Gasteiger partial charge >= 0.3 is 0 Å². The summed E-state index contributed by atoms with van der Waals surface area (Å²) in [6, 6.07) is 0. The summed E-state index contributed by atoms with van der Waals surface area (Å²) in [6.45, 7) is 4.58. The van der Waals surface area contributed by atoms with E-state index in [1.807, 2.05) is 0 Å². The largest absolute Gasteiger partial charge is 0.190 e. The van der Waals surface area contributed by atoms with Crippen LogP contribution in [0.15, 0.2) is 0 Å². The van der Waals surface area contributed by atoms with E-state index in [-0.39, 0.29) is 7.20 Å². The van der Waals surface area contributed by atoms with Crippen molar-refractivity contribution >= 4 is 28.4 Å². The summed E-state index contributed by atoms with van der Waals surface area (Å²) in [5.41, 5.74) is 0. The van der Waals surface area contributed by atoms with Gasteiger partial charge in [-0.1, -0.05) is 39.5 Å². The first-order valence-electron chi connectivity index (χ1n) is 5.55. The average molecular weight is 316 g/mol. The zero-order valence-corrected chi connectivity index (χ0v) is 12.4. The standard InChI is InChI=1S/C11H25IS/c1-4-6-8-10-13(3,12)11-9-7-5-2/h4-11H2,1-3H3. The van der Waals surface area contributed by atoms with E-state index in [9.17, 15) is 0 Å². The highest BCUT2D eigenvalue weighted by Crippen LogP contribution is 2.54. The molecule has 0 bridgehead atoms. The molecule has 0 nitrogen and oxygen atoms in total. The third kappa shape index (κ3) is 9.39. The molecule has 0 aromatic heterocycles. The van der Waals surface area contributed by atoms with Crippen LogP contribution in [0.2, 0.25) is 0 Å². The molecule has 82 valence electrons. The molecule has 2 heteroatoms. The summed E-state index contributed by atoms with van der Waals surface area (Å²) in [4.78, 5) is 0. The van der Waals surface area contributed by atoms with Crippen LogP contribution in [0.4, 0.5) is 0 Å². The maximum absolute atomic E-state index is 2.74. The van der Waals surface area contributed by atoms with E-state index >= 15 is 0 Å². The Labute approximate surface area is 98.2 Å². The zero-order chi connectivity index (χ0) is 10.2. The van der Waals surface area contributed by atoms with Crippen LogP contribution in [0.1, 0.15) is 52.4 Å². The molecule has 0 radical (unpaired) electrons. The van der Waals surface area contributed by atoms with E-state index < -0.39 is 0 Å². The topological polar surface area (TPSA) is 0 Å². The fourth-order valence-corrected chi connectivity index (χ4v) is 5.09. The first-order valence-corrected chi connectivity index (χ1v) is 10.5. The number of hydrogen-bond donors (Lipinski definition) is 0. The summed E-state index contributed by atoms with van der Waals surface area (Å²) < 4.78 is 0. The molecule has 0 saturated carbocycles. The molecule has 0 rings (SSSR count). The van der Waals surface area contributed by atoms with Gasteiger partial charge in [0.05, 0.1) is 0 Å². The van der Waals surface area contributed by atoms with Gasteiger partial charge in [0.15, 0.2) is 0 Å². The van der Waals surface area contributed by atoms with Crippen molar-refractivity contribution in [1.29, 1.82) is 0 Å². The molecule has 0 spiro atoms. The Morgan fingerprint density at radius 2 is 1.23 bits per heavy atom. The van der Waals surface area contributed by atoms with Gasteiger partial charge in [-0.05, 0) is 51.8 Å². The SMILES string of the molecule is CCCCCS(C)(I)CCCCC. The van der Waals surface area contributed by atoms with Crippen LogP contribution in [0.5, 0.6) is 0 Å². The Kier molecular flexibility index (Phi) is 9.09. The minimum absolute atomic E-state index is 0.256. The quantitative estimate of drug-likeness (QED) is 0.429. The Bertz CT molecular complexity index is 101. The second-order valence-corrected chi connectivity index (χ2v) is 13.5. The molecule has 0 unspecified atom stereocenters. The van der Waals surface area contributed by atoms with Crippen molar-refractivity contribution in [3.63, 3.8) is 0 Å². The van der Waals surface area contributed by atoms with Gasteiger partial charge in [0.1, 0.15) is 0 Å². The average Bonchev–Trinajstić information content (AvgIpc) is 2.05. The molecular formula is C11H25IS. The first kappa shape index (κ1) is 14.1. The highest BCUT2D eigenvalue weighted by Gasteiger charge is 2.12. The number of halogens is 1. The molecule has 0 amide bonds. The predicted molar refractivity (Wildman–Crippen MR) is 76.3 cm³/mol. The maximum Gasteiger partial charge on any atom is -0.0146 e. The van der Waals surface area contributed by atoms with Crippen LogP contribution in [0, 0.1) is 0 Å². The molecule has 0 saturated heterocycles. The molecule has 0 heterocycles. The van der Waals surface area contributed by atoms with Crippen LogP contribution in [-0.4, -0.2) is 17.8 Å². The van der Waals surface area contributed by atoms with Crippen molar-refractivity contribution in [3.8, 4) is 0 Å². The van der Waals surface area contributed by atoms with E-state index in [1.54, 1.807) is 0 Å². The second-order valence-electron chi connectivity index (χ2n) is 3.98. The minimum Gasteiger partial charge on any atom is -0.190 e. The predicted octanol–water partition coefficient (Wildman–Crippen LogP) is 5.15. The van der Waals surface area contributed by atoms with Crippen LogP contribution in [0.25, 0.3) is 0 Å². The molecule has 0 aromatic rings. The third-order valence-electron chi connectivity index (χ3n) is 2.35. The maximum atomic E-state index is 2.74. The van der Waals surface area contributed by atoms with Crippen LogP contribution in [0.3, 0.4) is 0 Å². The normalized spacial score (nSPS) is 13.2. The second kappa shape index (κ2) is 8.39. The lowest BCUT2D eigenvalue weighted by atomic mass is 10.3. The molecule has 13 heavy (non-hydrogen) atoms. The van der Waals surface area contributed by atoms with E-state index in [0.29, 0.717) is 0 Å². The van der Waals surface area contributed by atoms with E-state index in [0.717, 1.165) is 0 Å². The van der Waals surface area contributed by atoms with Gasteiger partial charge in [0.2, 0.25) is 0 Å². The van der Waals surface area contributed by atoms with E-state index in [1.165, 1.54) is 50.0 Å². The van der Waals surface area contributed by atoms with E-state index in [4.69, 9.17) is 0 Å². The van der Waals surface area contributed by atoms with Gasteiger partial charge in [-0.3, -0.25) is 0 Å². The summed E-state index contributed by atoms with van der Waals surface area (Å²) in [5.74, 6) is 2.98. The highest BCUT2D eigenvalue weighted by atomic mass is 127. The molecular weight excluding hydrogens is 291 g/mol. The van der Waals surface area contributed by atoms with Gasteiger partial charge in [0, 0.05) is 0 Å². The molecule has 0 aromatic carbocycles. The lowest BCUT2D eigenvalue weighted by Crippen LogP contribution is -2.01. The number of unbranched alkanes of at least 4 members (excludes halogenated alkanes) is 4. The Morgan fingerprint density at radius 1 is 0.846 bits per heavy atom. The monoisotopic (exact) mass is 316 g/mol. The molecule has 0 aliphatic carbocycles. The van der Waals surface area contributed by atoms with Crippen molar-refractivity contribution in [2.75, 3.05) is 17.8 Å². The summed E-state index contributed by atoms with van der Waals surface area (Å²) >= 11 is 2.74. The fourth-order valence-electron chi connectivity index (χ4n) is 1.41. The third-order valence-corrected chi connectivity index (χ3v) is 7.27. The van der Waals surface area contributed by atoms with Crippen molar-refractivity contribution < 1.29 is 0 Å². The van der Waals surface area contributed by atoms with Crippen LogP contribution >= 0.6 is 28.4 Å². The van der Waals surface area contributed by atoms with Crippen LogP contribution < -0.4 is 0 Å². The van der Waals surface area contributed by atoms with Gasteiger partial charge in [-0.2, -0.15) is 7.20 Å². The minimum atomic E-state index is -0.256. The summed E-state index contributed by atoms with van der Waals surface area (Å²) in [5, 5.41) is 0. The zero-order valence-electron chi connectivity index (χ0n) is 9.44. The molecule has 0 fully saturated rings. The van der Waals surface area contributed by atoms with Gasteiger partial charge in [-0.15, -0.1) is 0 Å². The highest BCUT2D eigenvalue weighted by molar-refractivity contribution is 14.2. The fraction of sp³-hybridized carbons (Fsp3) is 1.00. The molecule has 0 N–H and O–H groups in total. The van der Waals surface area contributed by atoms with Crippen molar-refractivity contribution in [2.45, 2.75) is 52.4 Å². The Morgan fingerprint density at radius 3 is 1.54 bits per heavy atom. The van der Waals surface area contributed by atoms with Gasteiger partial charge < -0.3 is 0 Å². The lowest BCUT2D eigenvalue weighted by Gasteiger charge is -2.28. The smallest absolute Gasteiger partial charge is 0.0146 e. The first-order chi connectivity index (χ1) is 6.12. The van der Waals surface area contributed by atoms with Crippen molar-refractivity contribution in [2.24, 2.45) is 0 Å². The molecule has 0 atom stereocenters. The van der Waals surface area contributed by atoms with Gasteiger partial charge in [-0.25, -0.2) is 0 Å². The van der Waals surface area contributed by atoms with Gasteiger partial charge in [0.25, 0.3) is 0 Å². The van der Waals surface area contributed by atoms with Crippen molar-refractivity contribution in [1.82, 2.24) is 0 Å². The lowest BCUT2D eigenvalue weighted by molar-refractivity contribution is 0.766. The summed E-state index contributed by atoms with van der Waals surface area (Å²) in [7, 11) is -0.256. The number of rotatable bonds is 8.